The molecule has 0 bridgehead atoms. The summed E-state index contributed by atoms with van der Waals surface area (Å²) in [5.74, 6) is 0. The fraction of sp³-hybridized carbons (Fsp3) is 0.600. The minimum Gasteiger partial charge on any atom is -0.395 e. The highest BCUT2D eigenvalue weighted by Crippen LogP contribution is 2.00. The first-order chi connectivity index (χ1) is 7.77. The smallest absolute Gasteiger partial charge is 0.317 e. The van der Waals surface area contributed by atoms with E-state index in [2.05, 4.69) is 10.3 Å². The topological polar surface area (TPSA) is 65.5 Å². The summed E-state index contributed by atoms with van der Waals surface area (Å²) < 4.78 is 0. The molecule has 1 aromatic rings. The van der Waals surface area contributed by atoms with Gasteiger partial charge >= 0.3 is 6.03 Å². The number of carbonyl (C=O) groups excluding carboxylic acids is 1. The molecule has 0 saturated heterocycles. The van der Waals surface area contributed by atoms with E-state index in [-0.39, 0.29) is 12.6 Å². The van der Waals surface area contributed by atoms with Crippen LogP contribution in [0.2, 0.25) is 0 Å². The summed E-state index contributed by atoms with van der Waals surface area (Å²) in [6, 6.07) is -0.149. The first-order valence-electron chi connectivity index (χ1n) is 5.28. The minimum atomic E-state index is -0.149. The van der Waals surface area contributed by atoms with Gasteiger partial charge < -0.3 is 15.3 Å². The van der Waals surface area contributed by atoms with Gasteiger partial charge in [0.1, 0.15) is 0 Å². The molecule has 1 aromatic heterocycles. The number of nitrogens with zero attached hydrogens (tertiary/aromatic N) is 2. The molecule has 0 unspecified atom stereocenters. The Labute approximate surface area is 99.1 Å². The van der Waals surface area contributed by atoms with Gasteiger partial charge in [-0.15, -0.1) is 11.3 Å². The monoisotopic (exact) mass is 243 g/mol. The second kappa shape index (κ2) is 7.19. The van der Waals surface area contributed by atoms with E-state index in [1.165, 1.54) is 11.3 Å². The number of rotatable bonds is 6. The zero-order valence-electron chi connectivity index (χ0n) is 9.35. The number of hydrogen-bond acceptors (Lipinski definition) is 4. The van der Waals surface area contributed by atoms with Gasteiger partial charge in [-0.25, -0.2) is 9.78 Å². The Hall–Kier alpha value is -1.14. The molecule has 2 amide bonds. The second-order valence-corrected chi connectivity index (χ2v) is 4.07. The molecule has 0 fully saturated rings. The van der Waals surface area contributed by atoms with Gasteiger partial charge in [-0.05, 0) is 6.42 Å². The van der Waals surface area contributed by atoms with Gasteiger partial charge in [0, 0.05) is 18.5 Å². The van der Waals surface area contributed by atoms with Crippen molar-refractivity contribution in [2.75, 3.05) is 19.7 Å². The summed E-state index contributed by atoms with van der Waals surface area (Å²) in [7, 11) is 0. The summed E-state index contributed by atoms with van der Waals surface area (Å²) in [5, 5.41) is 13.5. The summed E-state index contributed by atoms with van der Waals surface area (Å²) in [4.78, 5) is 17.4. The highest BCUT2D eigenvalue weighted by atomic mass is 32.1. The molecular formula is C10H17N3O2S. The Morgan fingerprint density at radius 3 is 3.00 bits per heavy atom. The average Bonchev–Trinajstić information content (AvgIpc) is 2.78. The maximum absolute atomic E-state index is 11.7. The zero-order valence-corrected chi connectivity index (χ0v) is 10.2. The van der Waals surface area contributed by atoms with Crippen molar-refractivity contribution in [3.8, 4) is 0 Å². The third kappa shape index (κ3) is 4.16. The number of carbonyl (C=O) groups is 1. The van der Waals surface area contributed by atoms with Crippen LogP contribution in [0.4, 0.5) is 4.79 Å². The summed E-state index contributed by atoms with van der Waals surface area (Å²) in [6.45, 7) is 3.45. The average molecular weight is 243 g/mol. The minimum absolute atomic E-state index is 0.00980. The lowest BCUT2D eigenvalue weighted by Gasteiger charge is -2.21. The van der Waals surface area contributed by atoms with Gasteiger partial charge in [0.25, 0.3) is 0 Å². The van der Waals surface area contributed by atoms with Crippen molar-refractivity contribution < 1.29 is 9.90 Å². The van der Waals surface area contributed by atoms with Crippen molar-refractivity contribution in [1.29, 1.82) is 0 Å². The van der Waals surface area contributed by atoms with Gasteiger partial charge in [0.2, 0.25) is 0 Å². The van der Waals surface area contributed by atoms with Gasteiger partial charge in [-0.3, -0.25) is 0 Å². The Morgan fingerprint density at radius 2 is 2.44 bits per heavy atom. The standard InChI is InChI=1S/C10H17N3O2S/c1-2-3-13(4-5-14)10(15)11-6-9-7-16-8-12-9/h7-8,14H,2-6H2,1H3,(H,11,15). The number of aliphatic hydroxyl groups is 1. The largest absolute Gasteiger partial charge is 0.395 e. The van der Waals surface area contributed by atoms with Crippen molar-refractivity contribution in [3.63, 3.8) is 0 Å². The van der Waals surface area contributed by atoms with Crippen LogP contribution in [0.5, 0.6) is 0 Å². The molecule has 6 heteroatoms. The van der Waals surface area contributed by atoms with Crippen LogP contribution >= 0.6 is 11.3 Å². The molecule has 0 spiro atoms. The number of urea groups is 1. The van der Waals surface area contributed by atoms with Crippen molar-refractivity contribution >= 4 is 17.4 Å². The molecule has 0 aliphatic rings. The van der Waals surface area contributed by atoms with Crippen LogP contribution in [-0.2, 0) is 6.54 Å². The molecule has 0 saturated carbocycles. The molecular weight excluding hydrogens is 226 g/mol. The Balaban J connectivity index is 2.36. The van der Waals surface area contributed by atoms with Crippen LogP contribution in [-0.4, -0.2) is 40.7 Å². The number of nitrogens with one attached hydrogen (secondary N) is 1. The lowest BCUT2D eigenvalue weighted by atomic mass is 10.4. The van der Waals surface area contributed by atoms with Gasteiger partial charge in [0.15, 0.2) is 0 Å². The predicted molar refractivity (Wildman–Crippen MR) is 63.3 cm³/mol. The first-order valence-corrected chi connectivity index (χ1v) is 6.23. The zero-order chi connectivity index (χ0) is 11.8. The lowest BCUT2D eigenvalue weighted by molar-refractivity contribution is 0.177. The van der Waals surface area contributed by atoms with Gasteiger partial charge in [0.05, 0.1) is 24.4 Å². The van der Waals surface area contributed by atoms with Crippen LogP contribution in [0.1, 0.15) is 19.0 Å². The lowest BCUT2D eigenvalue weighted by Crippen LogP contribution is -2.41. The third-order valence-corrected chi connectivity index (χ3v) is 2.69. The van der Waals surface area contributed by atoms with Crippen LogP contribution in [0.25, 0.3) is 0 Å². The number of aliphatic hydroxyl groups excluding tert-OH is 1. The van der Waals surface area contributed by atoms with Gasteiger partial charge in [-0.1, -0.05) is 6.92 Å². The van der Waals surface area contributed by atoms with Crippen molar-refractivity contribution in [3.05, 3.63) is 16.6 Å². The Bertz CT molecular complexity index is 297. The molecule has 2 N–H and O–H groups in total. The maximum atomic E-state index is 11.7. The molecule has 0 aliphatic carbocycles. The fourth-order valence-electron chi connectivity index (χ4n) is 1.31. The third-order valence-electron chi connectivity index (χ3n) is 2.05. The van der Waals surface area contributed by atoms with Gasteiger partial charge in [-0.2, -0.15) is 0 Å². The Kier molecular flexibility index (Phi) is 5.81. The van der Waals surface area contributed by atoms with E-state index in [0.29, 0.717) is 19.6 Å². The number of aromatic nitrogens is 1. The highest BCUT2D eigenvalue weighted by Gasteiger charge is 2.11. The maximum Gasteiger partial charge on any atom is 0.317 e. The second-order valence-electron chi connectivity index (χ2n) is 3.35. The van der Waals surface area contributed by atoms with Crippen molar-refractivity contribution in [2.45, 2.75) is 19.9 Å². The van der Waals surface area contributed by atoms with Crippen LogP contribution in [0.3, 0.4) is 0 Å². The SMILES string of the molecule is CCCN(CCO)C(=O)NCc1cscn1. The molecule has 1 rings (SSSR count). The van der Waals surface area contributed by atoms with E-state index in [1.807, 2.05) is 12.3 Å². The van der Waals surface area contributed by atoms with E-state index in [4.69, 9.17) is 5.11 Å². The normalized spacial score (nSPS) is 10.1. The predicted octanol–water partition coefficient (Wildman–Crippen LogP) is 1.06. The quantitative estimate of drug-likeness (QED) is 0.785. The van der Waals surface area contributed by atoms with E-state index in [9.17, 15) is 4.79 Å². The molecule has 5 nitrogen and oxygen atoms in total. The molecule has 16 heavy (non-hydrogen) atoms. The van der Waals surface area contributed by atoms with Crippen LogP contribution in [0, 0.1) is 0 Å². The summed E-state index contributed by atoms with van der Waals surface area (Å²) in [5.41, 5.74) is 2.60. The van der Waals surface area contributed by atoms with E-state index in [0.717, 1.165) is 12.1 Å². The first kappa shape index (κ1) is 12.9. The molecule has 0 aromatic carbocycles. The van der Waals surface area contributed by atoms with Crippen LogP contribution < -0.4 is 5.32 Å². The molecule has 90 valence electrons. The van der Waals surface area contributed by atoms with E-state index < -0.39 is 0 Å². The fourth-order valence-corrected chi connectivity index (χ4v) is 1.87. The van der Waals surface area contributed by atoms with Crippen molar-refractivity contribution in [1.82, 2.24) is 15.2 Å². The number of amides is 2. The van der Waals surface area contributed by atoms with Crippen molar-refractivity contribution in [2.24, 2.45) is 0 Å². The van der Waals surface area contributed by atoms with E-state index in [1.54, 1.807) is 10.4 Å². The molecule has 0 radical (unpaired) electrons. The number of hydrogen-bond donors (Lipinski definition) is 2. The summed E-state index contributed by atoms with van der Waals surface area (Å²) >= 11 is 1.50. The molecule has 0 aliphatic heterocycles. The summed E-state index contributed by atoms with van der Waals surface area (Å²) in [6.07, 6.45) is 0.879. The van der Waals surface area contributed by atoms with E-state index >= 15 is 0 Å². The van der Waals surface area contributed by atoms with Crippen LogP contribution in [0.15, 0.2) is 10.9 Å². The number of thiazole rings is 1. The highest BCUT2D eigenvalue weighted by molar-refractivity contribution is 7.07. The molecule has 0 atom stereocenters. The Morgan fingerprint density at radius 1 is 1.62 bits per heavy atom. The molecule has 1 heterocycles.